The van der Waals surface area contributed by atoms with Gasteiger partial charge in [0.25, 0.3) is 5.91 Å². The molecule has 0 aliphatic heterocycles. The van der Waals surface area contributed by atoms with Crippen LogP contribution in [-0.4, -0.2) is 23.9 Å². The SMILES string of the molecule is CC(C)C(C)N(C)C(=O)c1ccc(N)cc1F. The lowest BCUT2D eigenvalue weighted by molar-refractivity contribution is 0.0702. The van der Waals surface area contributed by atoms with Gasteiger partial charge in [0.05, 0.1) is 5.56 Å². The Morgan fingerprint density at radius 2 is 1.94 bits per heavy atom. The van der Waals surface area contributed by atoms with Gasteiger partial charge in [0.15, 0.2) is 0 Å². The van der Waals surface area contributed by atoms with E-state index in [4.69, 9.17) is 5.73 Å². The first-order valence-corrected chi connectivity index (χ1v) is 5.66. The van der Waals surface area contributed by atoms with E-state index >= 15 is 0 Å². The Kier molecular flexibility index (Phi) is 4.10. The Labute approximate surface area is 101 Å². The normalized spacial score (nSPS) is 12.6. The first-order valence-electron chi connectivity index (χ1n) is 5.66. The minimum Gasteiger partial charge on any atom is -0.399 e. The van der Waals surface area contributed by atoms with Gasteiger partial charge in [0.1, 0.15) is 5.82 Å². The molecule has 0 bridgehead atoms. The van der Waals surface area contributed by atoms with E-state index in [-0.39, 0.29) is 17.5 Å². The van der Waals surface area contributed by atoms with Crippen LogP contribution in [0.1, 0.15) is 31.1 Å². The number of hydrogen-bond donors (Lipinski definition) is 1. The van der Waals surface area contributed by atoms with Crippen LogP contribution in [-0.2, 0) is 0 Å². The Balaban J connectivity index is 2.96. The summed E-state index contributed by atoms with van der Waals surface area (Å²) in [7, 11) is 1.68. The number of halogens is 1. The smallest absolute Gasteiger partial charge is 0.256 e. The average molecular weight is 238 g/mol. The van der Waals surface area contributed by atoms with E-state index in [1.165, 1.54) is 18.2 Å². The molecule has 0 radical (unpaired) electrons. The van der Waals surface area contributed by atoms with Crippen LogP contribution in [0.2, 0.25) is 0 Å². The van der Waals surface area contributed by atoms with Crippen LogP contribution in [0.15, 0.2) is 18.2 Å². The maximum atomic E-state index is 13.6. The number of nitrogens with two attached hydrogens (primary N) is 1. The van der Waals surface area contributed by atoms with Crippen molar-refractivity contribution in [3.8, 4) is 0 Å². The maximum absolute atomic E-state index is 13.6. The van der Waals surface area contributed by atoms with E-state index < -0.39 is 5.82 Å². The van der Waals surface area contributed by atoms with Crippen LogP contribution in [0.25, 0.3) is 0 Å². The summed E-state index contributed by atoms with van der Waals surface area (Å²) >= 11 is 0. The molecule has 3 nitrogen and oxygen atoms in total. The first kappa shape index (κ1) is 13.5. The lowest BCUT2D eigenvalue weighted by Gasteiger charge is -2.28. The lowest BCUT2D eigenvalue weighted by atomic mass is 10.0. The van der Waals surface area contributed by atoms with Crippen molar-refractivity contribution in [3.05, 3.63) is 29.6 Å². The van der Waals surface area contributed by atoms with E-state index in [2.05, 4.69) is 0 Å². The fourth-order valence-corrected chi connectivity index (χ4v) is 1.53. The lowest BCUT2D eigenvalue weighted by Crippen LogP contribution is -2.38. The Bertz CT molecular complexity index is 418. The van der Waals surface area contributed by atoms with Crippen LogP contribution in [0.4, 0.5) is 10.1 Å². The third-order valence-electron chi connectivity index (χ3n) is 3.12. The number of amides is 1. The second-order valence-electron chi connectivity index (χ2n) is 4.64. The number of hydrogen-bond acceptors (Lipinski definition) is 2. The second-order valence-corrected chi connectivity index (χ2v) is 4.64. The summed E-state index contributed by atoms with van der Waals surface area (Å²) in [5, 5.41) is 0. The first-order chi connectivity index (χ1) is 7.84. The quantitative estimate of drug-likeness (QED) is 0.822. The molecule has 0 aliphatic rings. The van der Waals surface area contributed by atoms with Gasteiger partial charge in [-0.2, -0.15) is 0 Å². The molecule has 0 aliphatic carbocycles. The zero-order valence-electron chi connectivity index (χ0n) is 10.7. The summed E-state index contributed by atoms with van der Waals surface area (Å²) in [6, 6.07) is 4.18. The number of anilines is 1. The van der Waals surface area contributed by atoms with Crippen LogP contribution in [0, 0.1) is 11.7 Å². The highest BCUT2D eigenvalue weighted by Gasteiger charge is 2.22. The molecular weight excluding hydrogens is 219 g/mol. The van der Waals surface area contributed by atoms with Crippen LogP contribution >= 0.6 is 0 Å². The van der Waals surface area contributed by atoms with E-state index in [9.17, 15) is 9.18 Å². The van der Waals surface area contributed by atoms with Crippen molar-refractivity contribution in [2.24, 2.45) is 5.92 Å². The van der Waals surface area contributed by atoms with Gasteiger partial charge in [0, 0.05) is 18.8 Å². The van der Waals surface area contributed by atoms with Gasteiger partial charge in [-0.3, -0.25) is 4.79 Å². The number of carbonyl (C=O) groups is 1. The molecular formula is C13H19FN2O. The van der Waals surface area contributed by atoms with Gasteiger partial charge in [-0.25, -0.2) is 4.39 Å². The van der Waals surface area contributed by atoms with Gasteiger partial charge in [-0.05, 0) is 31.0 Å². The topological polar surface area (TPSA) is 46.3 Å². The molecule has 1 aromatic rings. The third kappa shape index (κ3) is 2.96. The predicted octanol–water partition coefficient (Wildman–Crippen LogP) is 2.52. The van der Waals surface area contributed by atoms with E-state index in [1.54, 1.807) is 11.9 Å². The van der Waals surface area contributed by atoms with Crippen molar-refractivity contribution in [3.63, 3.8) is 0 Å². The van der Waals surface area contributed by atoms with Crippen molar-refractivity contribution in [1.29, 1.82) is 0 Å². The fourth-order valence-electron chi connectivity index (χ4n) is 1.53. The molecule has 0 fully saturated rings. The molecule has 0 saturated carbocycles. The Morgan fingerprint density at radius 3 is 2.41 bits per heavy atom. The van der Waals surface area contributed by atoms with Gasteiger partial charge < -0.3 is 10.6 Å². The summed E-state index contributed by atoms with van der Waals surface area (Å²) in [6.45, 7) is 5.99. The molecule has 0 spiro atoms. The van der Waals surface area contributed by atoms with E-state index in [0.29, 0.717) is 11.6 Å². The standard InChI is InChI=1S/C13H19FN2O/c1-8(2)9(3)16(4)13(17)11-6-5-10(15)7-12(11)14/h5-9H,15H2,1-4H3. The number of benzene rings is 1. The van der Waals surface area contributed by atoms with Crippen molar-refractivity contribution in [1.82, 2.24) is 4.90 Å². The molecule has 17 heavy (non-hydrogen) atoms. The van der Waals surface area contributed by atoms with Crippen molar-refractivity contribution < 1.29 is 9.18 Å². The number of nitrogen functional groups attached to an aromatic ring is 1. The zero-order chi connectivity index (χ0) is 13.2. The minimum atomic E-state index is -0.571. The number of rotatable bonds is 3. The Hall–Kier alpha value is -1.58. The maximum Gasteiger partial charge on any atom is 0.256 e. The molecule has 0 aromatic heterocycles. The van der Waals surface area contributed by atoms with Gasteiger partial charge in [0.2, 0.25) is 0 Å². The van der Waals surface area contributed by atoms with Gasteiger partial charge >= 0.3 is 0 Å². The number of nitrogens with zero attached hydrogens (tertiary/aromatic N) is 1. The molecule has 0 saturated heterocycles. The largest absolute Gasteiger partial charge is 0.399 e. The summed E-state index contributed by atoms with van der Waals surface area (Å²) in [5.74, 6) is -0.567. The highest BCUT2D eigenvalue weighted by Crippen LogP contribution is 2.16. The van der Waals surface area contributed by atoms with Crippen molar-refractivity contribution in [2.45, 2.75) is 26.8 Å². The highest BCUT2D eigenvalue weighted by molar-refractivity contribution is 5.94. The average Bonchev–Trinajstić information content (AvgIpc) is 2.26. The molecule has 0 heterocycles. The second kappa shape index (κ2) is 5.17. The molecule has 1 amide bonds. The fraction of sp³-hybridized carbons (Fsp3) is 0.462. The minimum absolute atomic E-state index is 0.0550. The molecule has 2 N–H and O–H groups in total. The van der Waals surface area contributed by atoms with E-state index in [0.717, 1.165) is 0 Å². The van der Waals surface area contributed by atoms with Crippen molar-refractivity contribution >= 4 is 11.6 Å². The summed E-state index contributed by atoms with van der Waals surface area (Å²) in [6.07, 6.45) is 0. The summed E-state index contributed by atoms with van der Waals surface area (Å²) in [5.41, 5.74) is 5.83. The van der Waals surface area contributed by atoms with Crippen LogP contribution < -0.4 is 5.73 Å². The molecule has 1 rings (SSSR count). The summed E-state index contributed by atoms with van der Waals surface area (Å²) < 4.78 is 13.6. The Morgan fingerprint density at radius 1 is 1.35 bits per heavy atom. The van der Waals surface area contributed by atoms with Crippen LogP contribution in [0.5, 0.6) is 0 Å². The van der Waals surface area contributed by atoms with Gasteiger partial charge in [-0.1, -0.05) is 13.8 Å². The molecule has 1 unspecified atom stereocenters. The molecule has 1 aromatic carbocycles. The molecule has 1 atom stereocenters. The zero-order valence-corrected chi connectivity index (χ0v) is 10.7. The third-order valence-corrected chi connectivity index (χ3v) is 3.12. The monoisotopic (exact) mass is 238 g/mol. The van der Waals surface area contributed by atoms with Crippen molar-refractivity contribution in [2.75, 3.05) is 12.8 Å². The number of carbonyl (C=O) groups excluding carboxylic acids is 1. The van der Waals surface area contributed by atoms with E-state index in [1.807, 2.05) is 20.8 Å². The van der Waals surface area contributed by atoms with Crippen LogP contribution in [0.3, 0.4) is 0 Å². The predicted molar refractivity (Wildman–Crippen MR) is 67.2 cm³/mol. The summed E-state index contributed by atoms with van der Waals surface area (Å²) in [4.78, 5) is 13.6. The molecule has 94 valence electrons. The highest BCUT2D eigenvalue weighted by atomic mass is 19.1. The van der Waals surface area contributed by atoms with Gasteiger partial charge in [-0.15, -0.1) is 0 Å². The molecule has 4 heteroatoms.